The van der Waals surface area contributed by atoms with E-state index in [0.29, 0.717) is 23.5 Å². The predicted octanol–water partition coefficient (Wildman–Crippen LogP) is 0.888. The van der Waals surface area contributed by atoms with Crippen molar-refractivity contribution in [3.05, 3.63) is 23.8 Å². The van der Waals surface area contributed by atoms with E-state index in [1.54, 1.807) is 12.1 Å². The zero-order chi connectivity index (χ0) is 12.5. The summed E-state index contributed by atoms with van der Waals surface area (Å²) in [5, 5.41) is 0. The summed E-state index contributed by atoms with van der Waals surface area (Å²) in [5.74, 6) is 0.0199. The molecule has 0 spiro atoms. The number of hydrogen-bond donors (Lipinski definition) is 0. The fourth-order valence-electron chi connectivity index (χ4n) is 1.81. The molecule has 1 saturated heterocycles. The Balaban J connectivity index is 1.74. The molecule has 1 unspecified atom stereocenters. The molecular formula is C12H10O6. The minimum absolute atomic E-state index is 0.142. The number of benzene rings is 1. The average Bonchev–Trinajstić information content (AvgIpc) is 2.98. The van der Waals surface area contributed by atoms with Crippen molar-refractivity contribution in [1.29, 1.82) is 0 Å². The van der Waals surface area contributed by atoms with Gasteiger partial charge in [-0.15, -0.1) is 0 Å². The van der Waals surface area contributed by atoms with Crippen LogP contribution in [0.2, 0.25) is 0 Å². The molecule has 1 fully saturated rings. The topological polar surface area (TPSA) is 71.1 Å². The fraction of sp³-hybridized carbons (Fsp3) is 0.333. The van der Waals surface area contributed by atoms with Crippen LogP contribution in [0.15, 0.2) is 18.2 Å². The molecule has 0 bridgehead atoms. The molecule has 1 atom stereocenters. The summed E-state index contributed by atoms with van der Waals surface area (Å²) >= 11 is 0. The number of carbonyl (C=O) groups is 2. The van der Waals surface area contributed by atoms with Crippen molar-refractivity contribution in [1.82, 2.24) is 0 Å². The maximum absolute atomic E-state index is 11.8. The molecule has 6 nitrogen and oxygen atoms in total. The number of cyclic esters (lactones) is 1. The highest BCUT2D eigenvalue weighted by molar-refractivity contribution is 5.92. The lowest BCUT2D eigenvalue weighted by molar-refractivity contribution is -0.145. The molecule has 2 heterocycles. The number of rotatable bonds is 2. The van der Waals surface area contributed by atoms with Crippen LogP contribution in [0, 0.1) is 0 Å². The van der Waals surface area contributed by atoms with Crippen LogP contribution in [0.25, 0.3) is 0 Å². The van der Waals surface area contributed by atoms with Gasteiger partial charge in [0.05, 0.1) is 12.2 Å². The Bertz CT molecular complexity index is 509. The third kappa shape index (κ3) is 1.85. The monoisotopic (exact) mass is 250 g/mol. The lowest BCUT2D eigenvalue weighted by Gasteiger charge is -2.08. The number of fused-ring (bicyclic) bond motifs is 1. The van der Waals surface area contributed by atoms with Gasteiger partial charge in [-0.2, -0.15) is 0 Å². The van der Waals surface area contributed by atoms with Crippen molar-refractivity contribution < 1.29 is 28.5 Å². The van der Waals surface area contributed by atoms with E-state index in [4.69, 9.17) is 18.9 Å². The second-order valence-corrected chi connectivity index (χ2v) is 3.92. The van der Waals surface area contributed by atoms with Gasteiger partial charge in [0.1, 0.15) is 0 Å². The standard InChI is InChI=1S/C12H10O6/c13-11(18-9-3-4-15-12(9)14)7-1-2-8-10(5-7)17-6-16-8/h1-2,5,9H,3-4,6H2. The highest BCUT2D eigenvalue weighted by Gasteiger charge is 2.30. The molecule has 94 valence electrons. The summed E-state index contributed by atoms with van der Waals surface area (Å²) in [6, 6.07) is 4.73. The molecular weight excluding hydrogens is 240 g/mol. The van der Waals surface area contributed by atoms with E-state index < -0.39 is 18.0 Å². The highest BCUT2D eigenvalue weighted by Crippen LogP contribution is 2.32. The van der Waals surface area contributed by atoms with E-state index in [2.05, 4.69) is 0 Å². The van der Waals surface area contributed by atoms with Gasteiger partial charge in [0.15, 0.2) is 11.5 Å². The van der Waals surface area contributed by atoms with Crippen molar-refractivity contribution >= 4 is 11.9 Å². The summed E-state index contributed by atoms with van der Waals surface area (Å²) < 4.78 is 20.1. The van der Waals surface area contributed by atoms with Crippen LogP contribution in [0.5, 0.6) is 11.5 Å². The highest BCUT2D eigenvalue weighted by atomic mass is 16.7. The first kappa shape index (κ1) is 10.9. The normalized spacial score (nSPS) is 20.7. The van der Waals surface area contributed by atoms with Crippen LogP contribution in [0.4, 0.5) is 0 Å². The van der Waals surface area contributed by atoms with Crippen LogP contribution in [-0.2, 0) is 14.3 Å². The average molecular weight is 250 g/mol. The smallest absolute Gasteiger partial charge is 0.347 e. The summed E-state index contributed by atoms with van der Waals surface area (Å²) in [7, 11) is 0. The zero-order valence-electron chi connectivity index (χ0n) is 9.38. The number of esters is 2. The number of ether oxygens (including phenoxy) is 4. The summed E-state index contributed by atoms with van der Waals surface area (Å²) in [6.07, 6.45) is -0.405. The fourth-order valence-corrected chi connectivity index (χ4v) is 1.81. The van der Waals surface area contributed by atoms with Gasteiger partial charge < -0.3 is 18.9 Å². The van der Waals surface area contributed by atoms with Gasteiger partial charge in [0.25, 0.3) is 0 Å². The molecule has 0 aliphatic carbocycles. The minimum atomic E-state index is -0.803. The maximum atomic E-state index is 11.8. The van der Waals surface area contributed by atoms with Crippen LogP contribution in [0.1, 0.15) is 16.8 Å². The van der Waals surface area contributed by atoms with Gasteiger partial charge in [-0.05, 0) is 18.2 Å². The molecule has 0 N–H and O–H groups in total. The molecule has 6 heteroatoms. The van der Waals surface area contributed by atoms with Crippen LogP contribution >= 0.6 is 0 Å². The van der Waals surface area contributed by atoms with E-state index >= 15 is 0 Å². The summed E-state index contributed by atoms with van der Waals surface area (Å²) in [5.41, 5.74) is 0.318. The first-order valence-electron chi connectivity index (χ1n) is 5.51. The van der Waals surface area contributed by atoms with Crippen molar-refractivity contribution in [2.24, 2.45) is 0 Å². The molecule has 0 aromatic heterocycles. The third-order valence-corrected chi connectivity index (χ3v) is 2.74. The lowest BCUT2D eigenvalue weighted by Crippen LogP contribution is -2.22. The van der Waals surface area contributed by atoms with E-state index in [1.165, 1.54) is 6.07 Å². The Kier molecular flexibility index (Phi) is 2.55. The van der Waals surface area contributed by atoms with Crippen molar-refractivity contribution in [3.63, 3.8) is 0 Å². The zero-order valence-corrected chi connectivity index (χ0v) is 9.38. The quantitative estimate of drug-likeness (QED) is 0.726. The maximum Gasteiger partial charge on any atom is 0.347 e. The van der Waals surface area contributed by atoms with Gasteiger partial charge in [-0.25, -0.2) is 9.59 Å². The van der Waals surface area contributed by atoms with Gasteiger partial charge in [0, 0.05) is 6.42 Å². The Labute approximate surface area is 102 Å². The molecule has 1 aromatic rings. The minimum Gasteiger partial charge on any atom is -0.463 e. The summed E-state index contributed by atoms with van der Waals surface area (Å²) in [6.45, 7) is 0.431. The number of carbonyl (C=O) groups excluding carboxylic acids is 2. The molecule has 0 radical (unpaired) electrons. The molecule has 2 aliphatic rings. The summed E-state index contributed by atoms with van der Waals surface area (Å²) in [4.78, 5) is 23.0. The van der Waals surface area contributed by atoms with Crippen molar-refractivity contribution in [2.75, 3.05) is 13.4 Å². The molecule has 0 amide bonds. The Morgan fingerprint density at radius 3 is 2.83 bits per heavy atom. The molecule has 1 aromatic carbocycles. The van der Waals surface area contributed by atoms with Gasteiger partial charge in [0.2, 0.25) is 12.9 Å². The van der Waals surface area contributed by atoms with Crippen LogP contribution in [-0.4, -0.2) is 31.4 Å². The number of hydrogen-bond acceptors (Lipinski definition) is 6. The third-order valence-electron chi connectivity index (χ3n) is 2.74. The van der Waals surface area contributed by atoms with Crippen molar-refractivity contribution in [2.45, 2.75) is 12.5 Å². The first-order chi connectivity index (χ1) is 8.74. The molecule has 0 saturated carbocycles. The second kappa shape index (κ2) is 4.21. The Morgan fingerprint density at radius 2 is 2.06 bits per heavy atom. The Hall–Kier alpha value is -2.24. The van der Waals surface area contributed by atoms with Crippen LogP contribution in [0.3, 0.4) is 0 Å². The van der Waals surface area contributed by atoms with Crippen LogP contribution < -0.4 is 9.47 Å². The van der Waals surface area contributed by atoms with Gasteiger partial charge in [-0.3, -0.25) is 0 Å². The van der Waals surface area contributed by atoms with E-state index in [-0.39, 0.29) is 13.4 Å². The van der Waals surface area contributed by atoms with E-state index in [9.17, 15) is 9.59 Å². The van der Waals surface area contributed by atoms with Crippen molar-refractivity contribution in [3.8, 4) is 11.5 Å². The first-order valence-corrected chi connectivity index (χ1v) is 5.51. The van der Waals surface area contributed by atoms with E-state index in [0.717, 1.165) is 0 Å². The lowest BCUT2D eigenvalue weighted by atomic mass is 10.2. The molecule has 2 aliphatic heterocycles. The largest absolute Gasteiger partial charge is 0.463 e. The second-order valence-electron chi connectivity index (χ2n) is 3.92. The van der Waals surface area contributed by atoms with Gasteiger partial charge in [-0.1, -0.05) is 0 Å². The van der Waals surface area contributed by atoms with Gasteiger partial charge >= 0.3 is 11.9 Å². The molecule has 18 heavy (non-hydrogen) atoms. The molecule has 3 rings (SSSR count). The predicted molar refractivity (Wildman–Crippen MR) is 57.3 cm³/mol. The SMILES string of the molecule is O=C(OC1CCOC1=O)c1ccc2c(c1)OCO2. The van der Waals surface area contributed by atoms with E-state index in [1.807, 2.05) is 0 Å². The Morgan fingerprint density at radius 1 is 1.22 bits per heavy atom.